The molecule has 2 aromatic heterocycles. The van der Waals surface area contributed by atoms with Crippen molar-refractivity contribution in [2.75, 3.05) is 23.3 Å². The molecule has 5 rings (SSSR count). The SMILES string of the molecule is CC(C)n1cc2c(n1)CCc1ccccc1-c1ccnc(N3CCC(F)(F)C3)c1NC2=O. The fraction of sp³-hybridized carbons (Fsp3) is 0.375. The maximum atomic E-state index is 14.0. The monoisotopic (exact) mass is 437 g/mol. The van der Waals surface area contributed by atoms with Gasteiger partial charge in [-0.15, -0.1) is 0 Å². The Bertz CT molecular complexity index is 1190. The summed E-state index contributed by atoms with van der Waals surface area (Å²) >= 11 is 0. The second kappa shape index (κ2) is 7.69. The number of carbonyl (C=O) groups excluding carboxylic acids is 1. The number of hydrogen-bond acceptors (Lipinski definition) is 4. The number of nitrogens with zero attached hydrogens (tertiary/aromatic N) is 4. The molecule has 1 N–H and O–H groups in total. The van der Waals surface area contributed by atoms with E-state index in [1.54, 1.807) is 22.0 Å². The molecule has 1 aromatic carbocycles. The Balaban J connectivity index is 1.68. The lowest BCUT2D eigenvalue weighted by atomic mass is 9.94. The predicted molar refractivity (Wildman–Crippen MR) is 119 cm³/mol. The van der Waals surface area contributed by atoms with E-state index in [0.717, 1.165) is 22.4 Å². The first kappa shape index (κ1) is 20.6. The Labute approximate surface area is 185 Å². The fourth-order valence-electron chi connectivity index (χ4n) is 4.46. The Hall–Kier alpha value is -3.29. The molecule has 32 heavy (non-hydrogen) atoms. The van der Waals surface area contributed by atoms with Gasteiger partial charge in [0, 0.05) is 37.0 Å². The molecule has 0 saturated carbocycles. The van der Waals surface area contributed by atoms with Crippen molar-refractivity contribution >= 4 is 17.4 Å². The van der Waals surface area contributed by atoms with Gasteiger partial charge in [0.2, 0.25) is 0 Å². The summed E-state index contributed by atoms with van der Waals surface area (Å²) in [6, 6.07) is 9.94. The zero-order valence-electron chi connectivity index (χ0n) is 18.1. The summed E-state index contributed by atoms with van der Waals surface area (Å²) in [6.45, 7) is 3.79. The molecule has 0 bridgehead atoms. The number of benzene rings is 1. The smallest absolute Gasteiger partial charge is 0.266 e. The van der Waals surface area contributed by atoms with Crippen molar-refractivity contribution in [2.45, 2.75) is 45.1 Å². The standard InChI is InChI=1S/C24H25F2N5O/c1-15(2)31-13-19-20(29-31)8-7-16-5-3-4-6-17(16)18-9-11-27-22(21(18)28-23(19)32)30-12-10-24(25,26)14-30/h3-6,9,11,13,15H,7-8,10,12,14H2,1-2H3,(H,28,32). The summed E-state index contributed by atoms with van der Waals surface area (Å²) in [7, 11) is 0. The number of hydrogen-bond donors (Lipinski definition) is 1. The minimum Gasteiger partial charge on any atom is -0.349 e. The van der Waals surface area contributed by atoms with Crippen LogP contribution in [-0.2, 0) is 12.8 Å². The third kappa shape index (κ3) is 3.63. The molecule has 0 aliphatic carbocycles. The van der Waals surface area contributed by atoms with Crippen molar-refractivity contribution in [1.82, 2.24) is 14.8 Å². The van der Waals surface area contributed by atoms with Gasteiger partial charge in [0.05, 0.1) is 23.5 Å². The van der Waals surface area contributed by atoms with E-state index >= 15 is 0 Å². The van der Waals surface area contributed by atoms with E-state index in [1.165, 1.54) is 0 Å². The number of amides is 1. The van der Waals surface area contributed by atoms with Crippen molar-refractivity contribution in [3.63, 3.8) is 0 Å². The van der Waals surface area contributed by atoms with Gasteiger partial charge in [-0.2, -0.15) is 5.10 Å². The molecule has 8 heteroatoms. The molecule has 0 atom stereocenters. The number of aryl methyl sites for hydroxylation is 2. The molecule has 1 saturated heterocycles. The molecule has 4 heterocycles. The van der Waals surface area contributed by atoms with E-state index in [-0.39, 0.29) is 24.9 Å². The van der Waals surface area contributed by atoms with Gasteiger partial charge in [0.15, 0.2) is 5.82 Å². The van der Waals surface area contributed by atoms with Crippen molar-refractivity contribution < 1.29 is 13.6 Å². The van der Waals surface area contributed by atoms with Gasteiger partial charge in [-0.05, 0) is 43.9 Å². The lowest BCUT2D eigenvalue weighted by Crippen LogP contribution is -2.27. The molecule has 166 valence electrons. The number of rotatable bonds is 2. The number of fused-ring (bicyclic) bond motifs is 4. The van der Waals surface area contributed by atoms with E-state index < -0.39 is 12.5 Å². The van der Waals surface area contributed by atoms with Gasteiger partial charge >= 0.3 is 0 Å². The van der Waals surface area contributed by atoms with Crippen LogP contribution in [0.1, 0.15) is 47.9 Å². The van der Waals surface area contributed by atoms with Crippen molar-refractivity contribution in [2.24, 2.45) is 0 Å². The van der Waals surface area contributed by atoms with Crippen LogP contribution in [0.15, 0.2) is 42.7 Å². The molecular formula is C24H25F2N5O. The van der Waals surface area contributed by atoms with Crippen molar-refractivity contribution in [3.8, 4) is 11.1 Å². The zero-order valence-corrected chi connectivity index (χ0v) is 18.1. The second-order valence-electron chi connectivity index (χ2n) is 8.76. The third-order valence-electron chi connectivity index (χ3n) is 6.16. The van der Waals surface area contributed by atoms with Crippen LogP contribution in [-0.4, -0.2) is 39.7 Å². The summed E-state index contributed by atoms with van der Waals surface area (Å²) in [5, 5.41) is 7.66. The molecule has 1 fully saturated rings. The first-order valence-electron chi connectivity index (χ1n) is 10.9. The minimum atomic E-state index is -2.77. The van der Waals surface area contributed by atoms with E-state index in [0.29, 0.717) is 29.9 Å². The Morgan fingerprint density at radius 2 is 1.91 bits per heavy atom. The highest BCUT2D eigenvalue weighted by atomic mass is 19.3. The van der Waals surface area contributed by atoms with Gasteiger partial charge < -0.3 is 10.2 Å². The second-order valence-corrected chi connectivity index (χ2v) is 8.76. The van der Waals surface area contributed by atoms with Gasteiger partial charge in [0.25, 0.3) is 11.8 Å². The summed E-state index contributed by atoms with van der Waals surface area (Å²) < 4.78 is 29.8. The number of pyridine rings is 1. The average Bonchev–Trinajstić information content (AvgIpc) is 3.36. The first-order valence-corrected chi connectivity index (χ1v) is 10.9. The zero-order chi connectivity index (χ0) is 22.5. The fourth-order valence-corrected chi connectivity index (χ4v) is 4.46. The molecule has 0 radical (unpaired) electrons. The number of anilines is 2. The molecule has 0 spiro atoms. The molecule has 2 aliphatic heterocycles. The highest BCUT2D eigenvalue weighted by Gasteiger charge is 2.40. The van der Waals surface area contributed by atoms with Crippen LogP contribution in [0.5, 0.6) is 0 Å². The normalized spacial score (nSPS) is 17.5. The topological polar surface area (TPSA) is 63.1 Å². The first-order chi connectivity index (χ1) is 15.3. The third-order valence-corrected chi connectivity index (χ3v) is 6.16. The van der Waals surface area contributed by atoms with E-state index in [2.05, 4.69) is 21.5 Å². The Morgan fingerprint density at radius 3 is 2.66 bits per heavy atom. The number of aromatic nitrogens is 3. The van der Waals surface area contributed by atoms with Gasteiger partial charge in [-0.25, -0.2) is 13.8 Å². The minimum absolute atomic E-state index is 0.115. The molecule has 1 amide bonds. The summed E-state index contributed by atoms with van der Waals surface area (Å²) in [5.41, 5.74) is 4.56. The predicted octanol–water partition coefficient (Wildman–Crippen LogP) is 4.72. The quantitative estimate of drug-likeness (QED) is 0.630. The lowest BCUT2D eigenvalue weighted by molar-refractivity contribution is 0.0257. The largest absolute Gasteiger partial charge is 0.349 e. The van der Waals surface area contributed by atoms with E-state index in [4.69, 9.17) is 0 Å². The lowest BCUT2D eigenvalue weighted by Gasteiger charge is -2.24. The van der Waals surface area contributed by atoms with Crippen molar-refractivity contribution in [3.05, 3.63) is 59.5 Å². The average molecular weight is 437 g/mol. The highest BCUT2D eigenvalue weighted by Crippen LogP contribution is 2.40. The van der Waals surface area contributed by atoms with Crippen LogP contribution in [0.4, 0.5) is 20.3 Å². The molecule has 2 aliphatic rings. The van der Waals surface area contributed by atoms with Gasteiger partial charge in [-0.1, -0.05) is 24.3 Å². The number of carbonyl (C=O) groups is 1. The van der Waals surface area contributed by atoms with Crippen LogP contribution < -0.4 is 10.2 Å². The summed E-state index contributed by atoms with van der Waals surface area (Å²) in [4.78, 5) is 19.4. The summed E-state index contributed by atoms with van der Waals surface area (Å²) in [6.07, 6.45) is 4.51. The van der Waals surface area contributed by atoms with Gasteiger partial charge in [-0.3, -0.25) is 9.48 Å². The highest BCUT2D eigenvalue weighted by molar-refractivity contribution is 6.09. The van der Waals surface area contributed by atoms with Crippen LogP contribution in [0.2, 0.25) is 0 Å². The Kier molecular flexibility index (Phi) is 4.95. The van der Waals surface area contributed by atoms with Crippen molar-refractivity contribution in [1.29, 1.82) is 0 Å². The number of nitrogens with one attached hydrogen (secondary N) is 1. The number of halogens is 2. The van der Waals surface area contributed by atoms with E-state index in [9.17, 15) is 13.6 Å². The summed E-state index contributed by atoms with van der Waals surface area (Å²) in [5.74, 6) is -2.69. The van der Waals surface area contributed by atoms with Crippen LogP contribution in [0, 0.1) is 0 Å². The van der Waals surface area contributed by atoms with Crippen LogP contribution in [0.3, 0.4) is 0 Å². The van der Waals surface area contributed by atoms with E-state index in [1.807, 2.05) is 38.1 Å². The maximum absolute atomic E-state index is 14.0. The Morgan fingerprint density at radius 1 is 1.09 bits per heavy atom. The van der Waals surface area contributed by atoms with Gasteiger partial charge in [0.1, 0.15) is 0 Å². The molecule has 0 unspecified atom stereocenters. The van der Waals surface area contributed by atoms with Crippen LogP contribution >= 0.6 is 0 Å². The number of alkyl halides is 2. The molecular weight excluding hydrogens is 412 g/mol. The molecule has 3 aromatic rings. The van der Waals surface area contributed by atoms with Crippen LogP contribution in [0.25, 0.3) is 11.1 Å². The molecule has 6 nitrogen and oxygen atoms in total. The maximum Gasteiger partial charge on any atom is 0.266 e.